The molecule has 2 saturated carbocycles. The van der Waals surface area contributed by atoms with E-state index in [1.54, 1.807) is 0 Å². The number of ether oxygens (including phenoxy) is 1. The van der Waals surface area contributed by atoms with Gasteiger partial charge in [0.15, 0.2) is 0 Å². The van der Waals surface area contributed by atoms with Crippen LogP contribution in [0.3, 0.4) is 0 Å². The lowest BCUT2D eigenvalue weighted by molar-refractivity contribution is -0.167. The van der Waals surface area contributed by atoms with Gasteiger partial charge in [-0.05, 0) is 44.9 Å². The van der Waals surface area contributed by atoms with Gasteiger partial charge in [-0.2, -0.15) is 0 Å². The fourth-order valence-electron chi connectivity index (χ4n) is 2.92. The summed E-state index contributed by atoms with van der Waals surface area (Å²) < 4.78 is 5.63. The SMILES string of the molecule is CCCC1(C(=O)OC2CCCC2)CCC1. The largest absolute Gasteiger partial charge is 0.462 e. The van der Waals surface area contributed by atoms with Crippen molar-refractivity contribution >= 4 is 5.97 Å². The third-order valence-corrected chi connectivity index (χ3v) is 4.05. The van der Waals surface area contributed by atoms with Gasteiger partial charge in [0.05, 0.1) is 5.41 Å². The first-order valence-electron chi connectivity index (χ1n) is 6.48. The molecule has 0 aliphatic heterocycles. The summed E-state index contributed by atoms with van der Waals surface area (Å²) in [6.07, 6.45) is 10.3. The van der Waals surface area contributed by atoms with Crippen LogP contribution in [0.4, 0.5) is 0 Å². The van der Waals surface area contributed by atoms with Crippen molar-refractivity contribution in [2.45, 2.75) is 70.8 Å². The topological polar surface area (TPSA) is 26.3 Å². The summed E-state index contributed by atoms with van der Waals surface area (Å²) in [7, 11) is 0. The van der Waals surface area contributed by atoms with Gasteiger partial charge in [0.1, 0.15) is 6.10 Å². The van der Waals surface area contributed by atoms with Gasteiger partial charge in [-0.25, -0.2) is 0 Å². The molecule has 0 aromatic heterocycles. The third kappa shape index (κ3) is 2.19. The van der Waals surface area contributed by atoms with E-state index in [-0.39, 0.29) is 17.5 Å². The van der Waals surface area contributed by atoms with Gasteiger partial charge in [-0.15, -0.1) is 0 Å². The second-order valence-electron chi connectivity index (χ2n) is 5.20. The summed E-state index contributed by atoms with van der Waals surface area (Å²) in [6, 6.07) is 0. The van der Waals surface area contributed by atoms with Crippen LogP contribution in [0.15, 0.2) is 0 Å². The van der Waals surface area contributed by atoms with Gasteiger partial charge >= 0.3 is 5.97 Å². The number of carbonyl (C=O) groups excluding carboxylic acids is 1. The molecule has 2 fully saturated rings. The standard InChI is InChI=1S/C13H22O2/c1-2-8-13(9-5-10-13)12(14)15-11-6-3-4-7-11/h11H,2-10H2,1H3. The molecule has 2 heteroatoms. The van der Waals surface area contributed by atoms with E-state index in [1.807, 2.05) is 0 Å². The third-order valence-electron chi connectivity index (χ3n) is 4.05. The Labute approximate surface area is 92.4 Å². The van der Waals surface area contributed by atoms with Crippen LogP contribution in [0.1, 0.15) is 64.7 Å². The van der Waals surface area contributed by atoms with Crippen LogP contribution in [0, 0.1) is 5.41 Å². The number of hydrogen-bond donors (Lipinski definition) is 0. The van der Waals surface area contributed by atoms with Gasteiger partial charge in [0.2, 0.25) is 0 Å². The van der Waals surface area contributed by atoms with Gasteiger partial charge in [0, 0.05) is 0 Å². The maximum absolute atomic E-state index is 12.1. The zero-order valence-electron chi connectivity index (χ0n) is 9.76. The summed E-state index contributed by atoms with van der Waals surface area (Å²) in [5.74, 6) is 0.113. The van der Waals surface area contributed by atoms with Crippen molar-refractivity contribution < 1.29 is 9.53 Å². The monoisotopic (exact) mass is 210 g/mol. The molecule has 0 N–H and O–H groups in total. The zero-order valence-corrected chi connectivity index (χ0v) is 9.76. The molecule has 0 amide bonds. The summed E-state index contributed by atoms with van der Waals surface area (Å²) in [6.45, 7) is 2.16. The van der Waals surface area contributed by atoms with Gasteiger partial charge in [-0.1, -0.05) is 19.8 Å². The molecule has 0 atom stereocenters. The molecule has 2 nitrogen and oxygen atoms in total. The molecule has 0 saturated heterocycles. The Morgan fingerprint density at radius 2 is 1.93 bits per heavy atom. The Kier molecular flexibility index (Phi) is 3.32. The van der Waals surface area contributed by atoms with E-state index < -0.39 is 0 Å². The molecule has 0 aromatic rings. The van der Waals surface area contributed by atoms with Crippen molar-refractivity contribution in [3.63, 3.8) is 0 Å². The molecule has 2 rings (SSSR count). The highest BCUT2D eigenvalue weighted by Gasteiger charge is 2.45. The lowest BCUT2D eigenvalue weighted by Crippen LogP contribution is -2.40. The van der Waals surface area contributed by atoms with Gasteiger partial charge in [-0.3, -0.25) is 4.79 Å². The van der Waals surface area contributed by atoms with Crippen LogP contribution in [0.25, 0.3) is 0 Å². The molecule has 0 aromatic carbocycles. The van der Waals surface area contributed by atoms with Crippen LogP contribution in [0.2, 0.25) is 0 Å². The maximum atomic E-state index is 12.1. The Hall–Kier alpha value is -0.530. The predicted octanol–water partition coefficient (Wildman–Crippen LogP) is 3.44. The van der Waals surface area contributed by atoms with E-state index in [2.05, 4.69) is 6.92 Å². The highest BCUT2D eigenvalue weighted by Crippen LogP contribution is 2.46. The minimum absolute atomic E-state index is 0.0721. The van der Waals surface area contributed by atoms with E-state index in [0.29, 0.717) is 0 Å². The molecule has 2 aliphatic rings. The lowest BCUT2D eigenvalue weighted by Gasteiger charge is -2.39. The Morgan fingerprint density at radius 1 is 1.27 bits per heavy atom. The van der Waals surface area contributed by atoms with Crippen LogP contribution < -0.4 is 0 Å². The smallest absolute Gasteiger partial charge is 0.312 e. The van der Waals surface area contributed by atoms with Crippen molar-refractivity contribution in [1.29, 1.82) is 0 Å². The molecule has 0 unspecified atom stereocenters. The maximum Gasteiger partial charge on any atom is 0.312 e. The summed E-state index contributed by atoms with van der Waals surface area (Å²) in [5, 5.41) is 0. The Bertz CT molecular complexity index is 225. The molecule has 0 bridgehead atoms. The highest BCUT2D eigenvalue weighted by atomic mass is 16.5. The molecule has 0 radical (unpaired) electrons. The molecule has 15 heavy (non-hydrogen) atoms. The molecule has 0 heterocycles. The zero-order chi connectivity index (χ0) is 10.7. The highest BCUT2D eigenvalue weighted by molar-refractivity contribution is 5.78. The van der Waals surface area contributed by atoms with E-state index in [1.165, 1.54) is 19.3 Å². The fourth-order valence-corrected chi connectivity index (χ4v) is 2.92. The van der Waals surface area contributed by atoms with Crippen molar-refractivity contribution in [2.75, 3.05) is 0 Å². The van der Waals surface area contributed by atoms with Crippen LogP contribution in [-0.4, -0.2) is 12.1 Å². The lowest BCUT2D eigenvalue weighted by atomic mass is 9.66. The van der Waals surface area contributed by atoms with Crippen molar-refractivity contribution in [2.24, 2.45) is 5.41 Å². The number of carbonyl (C=O) groups is 1. The van der Waals surface area contributed by atoms with Crippen molar-refractivity contribution in [3.05, 3.63) is 0 Å². The second-order valence-corrected chi connectivity index (χ2v) is 5.20. The van der Waals surface area contributed by atoms with Crippen molar-refractivity contribution in [1.82, 2.24) is 0 Å². The molecular formula is C13H22O2. The van der Waals surface area contributed by atoms with Crippen LogP contribution in [0.5, 0.6) is 0 Å². The minimum atomic E-state index is -0.0721. The molecule has 2 aliphatic carbocycles. The second kappa shape index (κ2) is 4.54. The van der Waals surface area contributed by atoms with Crippen molar-refractivity contribution in [3.8, 4) is 0 Å². The molecule has 0 spiro atoms. The molecular weight excluding hydrogens is 188 g/mol. The first-order valence-corrected chi connectivity index (χ1v) is 6.48. The number of esters is 1. The first kappa shape index (κ1) is 11.0. The average molecular weight is 210 g/mol. The normalized spacial score (nSPS) is 24.9. The minimum Gasteiger partial charge on any atom is -0.462 e. The van der Waals surface area contributed by atoms with Crippen LogP contribution >= 0.6 is 0 Å². The number of hydrogen-bond acceptors (Lipinski definition) is 2. The quantitative estimate of drug-likeness (QED) is 0.664. The summed E-state index contributed by atoms with van der Waals surface area (Å²) >= 11 is 0. The van der Waals surface area contributed by atoms with Crippen LogP contribution in [-0.2, 0) is 9.53 Å². The Balaban J connectivity index is 1.87. The molecule has 86 valence electrons. The first-order chi connectivity index (χ1) is 7.27. The van der Waals surface area contributed by atoms with Gasteiger partial charge < -0.3 is 4.74 Å². The summed E-state index contributed by atoms with van der Waals surface area (Å²) in [4.78, 5) is 12.1. The predicted molar refractivity (Wildman–Crippen MR) is 59.5 cm³/mol. The fraction of sp³-hybridized carbons (Fsp3) is 0.923. The average Bonchev–Trinajstić information content (AvgIpc) is 2.63. The van der Waals surface area contributed by atoms with E-state index in [4.69, 9.17) is 4.74 Å². The van der Waals surface area contributed by atoms with E-state index in [9.17, 15) is 4.79 Å². The van der Waals surface area contributed by atoms with Gasteiger partial charge in [0.25, 0.3) is 0 Å². The Morgan fingerprint density at radius 3 is 2.40 bits per heavy atom. The van der Waals surface area contributed by atoms with E-state index >= 15 is 0 Å². The summed E-state index contributed by atoms with van der Waals surface area (Å²) in [5.41, 5.74) is -0.0721. The van der Waals surface area contributed by atoms with E-state index in [0.717, 1.165) is 38.5 Å². The number of rotatable bonds is 4.